The lowest BCUT2D eigenvalue weighted by molar-refractivity contribution is -0.137. The van der Waals surface area contributed by atoms with Gasteiger partial charge in [-0.2, -0.15) is 5.10 Å². The Morgan fingerprint density at radius 2 is 2.25 bits per heavy atom. The van der Waals surface area contributed by atoms with Crippen molar-refractivity contribution in [1.82, 2.24) is 9.78 Å². The van der Waals surface area contributed by atoms with Gasteiger partial charge < -0.3 is 10.4 Å². The molecule has 1 aromatic rings. The minimum Gasteiger partial charge on any atom is -0.480 e. The quantitative estimate of drug-likeness (QED) is 0.884. The highest BCUT2D eigenvalue weighted by molar-refractivity contribution is 5.92. The highest BCUT2D eigenvalue weighted by atomic mass is 16.4. The van der Waals surface area contributed by atoms with Crippen molar-refractivity contribution in [3.63, 3.8) is 0 Å². The molecule has 1 amide bonds. The van der Waals surface area contributed by atoms with Gasteiger partial charge in [0.05, 0.1) is 11.9 Å². The molecular formula is C14H21N3O3. The minimum absolute atomic E-state index is 0.000858. The van der Waals surface area contributed by atoms with E-state index in [1.54, 1.807) is 6.20 Å². The van der Waals surface area contributed by atoms with Crippen molar-refractivity contribution in [3.8, 4) is 0 Å². The Labute approximate surface area is 118 Å². The standard InChI is InChI=1S/C14H21N3O3/c1-14(2)6-4-3-5-11(14)13(20)16-10-7-15-17(8-10)9-12(18)19/h7-8,11H,3-6,9H2,1-2H3,(H,16,20)(H,18,19). The molecule has 1 heterocycles. The summed E-state index contributed by atoms with van der Waals surface area (Å²) < 4.78 is 1.30. The van der Waals surface area contributed by atoms with E-state index in [9.17, 15) is 9.59 Å². The monoisotopic (exact) mass is 279 g/mol. The number of carboxylic acids is 1. The van der Waals surface area contributed by atoms with Crippen LogP contribution in [0.25, 0.3) is 0 Å². The molecule has 2 rings (SSSR count). The molecule has 1 saturated carbocycles. The Morgan fingerprint density at radius 1 is 1.50 bits per heavy atom. The number of carbonyl (C=O) groups excluding carboxylic acids is 1. The molecule has 6 heteroatoms. The molecule has 0 radical (unpaired) electrons. The molecule has 1 atom stereocenters. The summed E-state index contributed by atoms with van der Waals surface area (Å²) in [5.41, 5.74) is 0.567. The zero-order valence-corrected chi connectivity index (χ0v) is 11.9. The summed E-state index contributed by atoms with van der Waals surface area (Å²) in [5.74, 6) is -0.956. The van der Waals surface area contributed by atoms with Gasteiger partial charge in [-0.05, 0) is 18.3 Å². The molecule has 1 unspecified atom stereocenters. The van der Waals surface area contributed by atoms with Crippen LogP contribution in [0.4, 0.5) is 5.69 Å². The van der Waals surface area contributed by atoms with E-state index in [2.05, 4.69) is 24.3 Å². The third-order valence-corrected chi connectivity index (χ3v) is 4.02. The number of carbonyl (C=O) groups is 2. The van der Waals surface area contributed by atoms with Gasteiger partial charge in [0.2, 0.25) is 5.91 Å². The number of anilines is 1. The van der Waals surface area contributed by atoms with Gasteiger partial charge in [-0.25, -0.2) is 0 Å². The van der Waals surface area contributed by atoms with E-state index in [0.717, 1.165) is 19.3 Å². The largest absolute Gasteiger partial charge is 0.480 e. The van der Waals surface area contributed by atoms with Gasteiger partial charge in [0.1, 0.15) is 6.54 Å². The second-order valence-electron chi connectivity index (χ2n) is 6.10. The lowest BCUT2D eigenvalue weighted by Crippen LogP contribution is -2.37. The number of hydrogen-bond donors (Lipinski definition) is 2. The van der Waals surface area contributed by atoms with Crippen molar-refractivity contribution in [2.75, 3.05) is 5.32 Å². The first-order valence-electron chi connectivity index (χ1n) is 6.93. The van der Waals surface area contributed by atoms with E-state index in [1.165, 1.54) is 17.3 Å². The van der Waals surface area contributed by atoms with Crippen molar-refractivity contribution in [1.29, 1.82) is 0 Å². The van der Waals surface area contributed by atoms with Gasteiger partial charge in [0.15, 0.2) is 0 Å². The molecule has 1 aromatic heterocycles. The SMILES string of the molecule is CC1(C)CCCCC1C(=O)Nc1cnn(CC(=O)O)c1. The molecule has 1 aliphatic carbocycles. The lowest BCUT2D eigenvalue weighted by atomic mass is 9.68. The lowest BCUT2D eigenvalue weighted by Gasteiger charge is -2.37. The van der Waals surface area contributed by atoms with Crippen molar-refractivity contribution in [2.45, 2.75) is 46.1 Å². The Morgan fingerprint density at radius 3 is 2.90 bits per heavy atom. The molecule has 1 fully saturated rings. The Kier molecular flexibility index (Phi) is 4.11. The number of nitrogens with one attached hydrogen (secondary N) is 1. The fourth-order valence-corrected chi connectivity index (χ4v) is 2.86. The summed E-state index contributed by atoms with van der Waals surface area (Å²) in [6, 6.07) is 0. The van der Waals surface area contributed by atoms with Gasteiger partial charge in [-0.15, -0.1) is 0 Å². The molecule has 6 nitrogen and oxygen atoms in total. The predicted molar refractivity (Wildman–Crippen MR) is 74.2 cm³/mol. The van der Waals surface area contributed by atoms with Crippen LogP contribution >= 0.6 is 0 Å². The molecule has 0 bridgehead atoms. The van der Waals surface area contributed by atoms with E-state index in [0.29, 0.717) is 5.69 Å². The van der Waals surface area contributed by atoms with Crippen molar-refractivity contribution < 1.29 is 14.7 Å². The average molecular weight is 279 g/mol. The third-order valence-electron chi connectivity index (χ3n) is 4.02. The van der Waals surface area contributed by atoms with Crippen LogP contribution in [-0.2, 0) is 16.1 Å². The fraction of sp³-hybridized carbons (Fsp3) is 0.643. The van der Waals surface area contributed by atoms with E-state index >= 15 is 0 Å². The van der Waals surface area contributed by atoms with E-state index in [4.69, 9.17) is 5.11 Å². The van der Waals surface area contributed by atoms with Gasteiger partial charge in [0.25, 0.3) is 0 Å². The van der Waals surface area contributed by atoms with E-state index in [1.807, 2.05) is 0 Å². The van der Waals surface area contributed by atoms with Crippen LogP contribution in [0.3, 0.4) is 0 Å². The van der Waals surface area contributed by atoms with Crippen molar-refractivity contribution in [3.05, 3.63) is 12.4 Å². The van der Waals surface area contributed by atoms with Crippen LogP contribution in [0.15, 0.2) is 12.4 Å². The van der Waals surface area contributed by atoms with Crippen molar-refractivity contribution in [2.24, 2.45) is 11.3 Å². The molecule has 20 heavy (non-hydrogen) atoms. The summed E-state index contributed by atoms with van der Waals surface area (Å²) in [5, 5.41) is 15.4. The summed E-state index contributed by atoms with van der Waals surface area (Å²) in [6.07, 6.45) is 7.25. The maximum atomic E-state index is 12.4. The molecule has 0 aromatic carbocycles. The Bertz CT molecular complexity index is 508. The first-order valence-corrected chi connectivity index (χ1v) is 6.93. The smallest absolute Gasteiger partial charge is 0.325 e. The first kappa shape index (κ1) is 14.6. The van der Waals surface area contributed by atoms with Crippen LogP contribution in [0.1, 0.15) is 39.5 Å². The number of aromatic nitrogens is 2. The normalized spacial score (nSPS) is 21.4. The predicted octanol–water partition coefficient (Wildman–Crippen LogP) is 2.12. The van der Waals surface area contributed by atoms with Crippen LogP contribution < -0.4 is 5.32 Å². The average Bonchev–Trinajstić information content (AvgIpc) is 2.74. The summed E-state index contributed by atoms with van der Waals surface area (Å²) in [4.78, 5) is 22.9. The number of nitrogens with zero attached hydrogens (tertiary/aromatic N) is 2. The minimum atomic E-state index is -0.959. The zero-order chi connectivity index (χ0) is 14.8. The van der Waals surface area contributed by atoms with E-state index < -0.39 is 5.97 Å². The number of rotatable bonds is 4. The highest BCUT2D eigenvalue weighted by Crippen LogP contribution is 2.40. The first-order chi connectivity index (χ1) is 9.38. The van der Waals surface area contributed by atoms with Crippen LogP contribution in [-0.4, -0.2) is 26.8 Å². The molecule has 0 saturated heterocycles. The molecule has 0 spiro atoms. The summed E-state index contributed by atoms with van der Waals surface area (Å²) in [7, 11) is 0. The molecule has 0 aliphatic heterocycles. The van der Waals surface area contributed by atoms with Crippen molar-refractivity contribution >= 4 is 17.6 Å². The Balaban J connectivity index is 2.00. The maximum absolute atomic E-state index is 12.4. The van der Waals surface area contributed by atoms with Gasteiger partial charge >= 0.3 is 5.97 Å². The summed E-state index contributed by atoms with van der Waals surface area (Å²) in [6.45, 7) is 4.05. The Hall–Kier alpha value is -1.85. The topological polar surface area (TPSA) is 84.2 Å². The number of amides is 1. The van der Waals surface area contributed by atoms with Gasteiger partial charge in [-0.1, -0.05) is 26.7 Å². The van der Waals surface area contributed by atoms with Gasteiger partial charge in [0, 0.05) is 12.1 Å². The van der Waals surface area contributed by atoms with Gasteiger partial charge in [-0.3, -0.25) is 14.3 Å². The third kappa shape index (κ3) is 3.37. The van der Waals surface area contributed by atoms with E-state index in [-0.39, 0.29) is 23.8 Å². The number of carboxylic acid groups (broad SMARTS) is 1. The molecule has 1 aliphatic rings. The number of hydrogen-bond acceptors (Lipinski definition) is 3. The second kappa shape index (κ2) is 5.64. The van der Waals surface area contributed by atoms with Crippen LogP contribution in [0.5, 0.6) is 0 Å². The molecular weight excluding hydrogens is 258 g/mol. The summed E-state index contributed by atoms with van der Waals surface area (Å²) >= 11 is 0. The maximum Gasteiger partial charge on any atom is 0.325 e. The highest BCUT2D eigenvalue weighted by Gasteiger charge is 2.37. The van der Waals surface area contributed by atoms with Crippen LogP contribution in [0, 0.1) is 11.3 Å². The number of aliphatic carboxylic acids is 1. The second-order valence-corrected chi connectivity index (χ2v) is 6.10. The molecule has 2 N–H and O–H groups in total. The molecule has 110 valence electrons. The van der Waals surface area contributed by atoms with Crippen LogP contribution in [0.2, 0.25) is 0 Å². The zero-order valence-electron chi connectivity index (χ0n) is 11.9. The fourth-order valence-electron chi connectivity index (χ4n) is 2.86.